The van der Waals surface area contributed by atoms with E-state index in [1.54, 1.807) is 16.2 Å². The number of aryl methyl sites for hydroxylation is 1. The van der Waals surface area contributed by atoms with E-state index in [9.17, 15) is 4.79 Å². The van der Waals surface area contributed by atoms with Crippen molar-refractivity contribution in [3.8, 4) is 0 Å². The van der Waals surface area contributed by atoms with E-state index in [2.05, 4.69) is 60.1 Å². The number of quaternary nitrogens is 2. The van der Waals surface area contributed by atoms with E-state index in [1.165, 1.54) is 20.9 Å². The fourth-order valence-corrected chi connectivity index (χ4v) is 5.05. The standard InChI is InChI=1S/C25H29N3OS/c1-20-8-5-6-11-22(20)18-27-13-15-28(16-14-27)19-24(29)26-25(23-12-7-17-30-23)21-9-3-2-4-10-21/h2-12,17,25H,13-16,18-19H2,1H3,(H,26,29)/p+2/t25-/m1/s1. The van der Waals surface area contributed by atoms with Crippen LogP contribution in [0.1, 0.15) is 27.6 Å². The van der Waals surface area contributed by atoms with Crippen molar-refractivity contribution in [3.63, 3.8) is 0 Å². The fraction of sp³-hybridized carbons (Fsp3) is 0.320. The molecule has 1 amide bonds. The molecule has 3 aromatic rings. The monoisotopic (exact) mass is 421 g/mol. The lowest BCUT2D eigenvalue weighted by Gasteiger charge is -2.30. The number of rotatable bonds is 7. The first-order valence-corrected chi connectivity index (χ1v) is 11.7. The number of piperazine rings is 1. The Balaban J connectivity index is 1.30. The van der Waals surface area contributed by atoms with Gasteiger partial charge in [0.1, 0.15) is 32.7 Å². The normalized spacial score (nSPS) is 19.9. The third-order valence-corrected chi connectivity index (χ3v) is 6.98. The highest BCUT2D eigenvalue weighted by molar-refractivity contribution is 7.10. The average molecular weight is 422 g/mol. The van der Waals surface area contributed by atoms with Gasteiger partial charge in [-0.15, -0.1) is 11.3 Å². The van der Waals surface area contributed by atoms with E-state index in [4.69, 9.17) is 0 Å². The minimum atomic E-state index is -0.0638. The molecule has 2 heterocycles. The number of hydrogen-bond donors (Lipinski definition) is 3. The first-order valence-electron chi connectivity index (χ1n) is 10.8. The molecule has 30 heavy (non-hydrogen) atoms. The SMILES string of the molecule is Cc1ccccc1C[NH+]1CC[NH+](CC(=O)N[C@H](c2ccccc2)c2cccs2)CC1. The molecule has 156 valence electrons. The summed E-state index contributed by atoms with van der Waals surface area (Å²) in [6.07, 6.45) is 0. The summed E-state index contributed by atoms with van der Waals surface area (Å²) in [5.74, 6) is 0.134. The van der Waals surface area contributed by atoms with E-state index in [1.807, 2.05) is 24.3 Å². The van der Waals surface area contributed by atoms with Gasteiger partial charge in [0, 0.05) is 10.4 Å². The topological polar surface area (TPSA) is 38.0 Å². The Morgan fingerprint density at radius 3 is 2.33 bits per heavy atom. The summed E-state index contributed by atoms with van der Waals surface area (Å²) in [5, 5.41) is 5.35. The van der Waals surface area contributed by atoms with E-state index in [0.29, 0.717) is 6.54 Å². The molecule has 1 aromatic heterocycles. The van der Waals surface area contributed by atoms with Gasteiger partial charge in [0.15, 0.2) is 6.54 Å². The predicted octanol–water partition coefficient (Wildman–Crippen LogP) is 1.25. The molecule has 0 saturated carbocycles. The van der Waals surface area contributed by atoms with Crippen molar-refractivity contribution in [1.82, 2.24) is 5.32 Å². The highest BCUT2D eigenvalue weighted by Crippen LogP contribution is 2.25. The van der Waals surface area contributed by atoms with Crippen molar-refractivity contribution >= 4 is 17.2 Å². The maximum absolute atomic E-state index is 12.9. The highest BCUT2D eigenvalue weighted by Gasteiger charge is 2.26. The molecule has 5 heteroatoms. The molecule has 1 aliphatic heterocycles. The lowest BCUT2D eigenvalue weighted by atomic mass is 10.1. The van der Waals surface area contributed by atoms with Gasteiger partial charge in [0.05, 0.1) is 6.04 Å². The second-order valence-electron chi connectivity index (χ2n) is 8.21. The van der Waals surface area contributed by atoms with Crippen molar-refractivity contribution in [2.45, 2.75) is 19.5 Å². The zero-order chi connectivity index (χ0) is 20.8. The van der Waals surface area contributed by atoms with Crippen LogP contribution >= 0.6 is 11.3 Å². The summed E-state index contributed by atoms with van der Waals surface area (Å²) < 4.78 is 0. The number of amides is 1. The molecule has 4 nitrogen and oxygen atoms in total. The number of carbonyl (C=O) groups is 1. The summed E-state index contributed by atoms with van der Waals surface area (Å²) in [7, 11) is 0. The third kappa shape index (κ3) is 5.36. The minimum Gasteiger partial charge on any atom is -0.339 e. The number of benzene rings is 2. The van der Waals surface area contributed by atoms with Crippen LogP contribution in [0.2, 0.25) is 0 Å². The molecule has 0 radical (unpaired) electrons. The van der Waals surface area contributed by atoms with Crippen LogP contribution in [-0.4, -0.2) is 38.6 Å². The molecular weight excluding hydrogens is 390 g/mol. The molecule has 3 N–H and O–H groups in total. The Morgan fingerprint density at radius 2 is 1.63 bits per heavy atom. The molecule has 0 spiro atoms. The Morgan fingerprint density at radius 1 is 0.933 bits per heavy atom. The Bertz CT molecular complexity index is 934. The van der Waals surface area contributed by atoms with Gasteiger partial charge >= 0.3 is 0 Å². The van der Waals surface area contributed by atoms with Crippen molar-refractivity contribution < 1.29 is 14.6 Å². The quantitative estimate of drug-likeness (QED) is 0.528. The molecule has 1 fully saturated rings. The Kier molecular flexibility index (Phi) is 6.95. The summed E-state index contributed by atoms with van der Waals surface area (Å²) >= 11 is 1.69. The van der Waals surface area contributed by atoms with Crippen LogP contribution in [0.3, 0.4) is 0 Å². The van der Waals surface area contributed by atoms with Crippen LogP contribution in [-0.2, 0) is 11.3 Å². The highest BCUT2D eigenvalue weighted by atomic mass is 32.1. The zero-order valence-corrected chi connectivity index (χ0v) is 18.4. The summed E-state index contributed by atoms with van der Waals surface area (Å²) in [6.45, 7) is 8.14. The average Bonchev–Trinajstić information content (AvgIpc) is 3.30. The lowest BCUT2D eigenvalue weighted by molar-refractivity contribution is -1.02. The summed E-state index contributed by atoms with van der Waals surface area (Å²) in [6, 6.07) is 23.0. The second-order valence-corrected chi connectivity index (χ2v) is 9.19. The Labute approximate surface area is 183 Å². The molecular formula is C25H31N3OS+2. The molecule has 4 rings (SSSR count). The second kappa shape index (κ2) is 10.0. The Hall–Kier alpha value is -2.47. The molecule has 2 aromatic carbocycles. The summed E-state index contributed by atoms with van der Waals surface area (Å²) in [5.41, 5.74) is 3.95. The number of nitrogens with one attached hydrogen (secondary N) is 3. The largest absolute Gasteiger partial charge is 0.339 e. The van der Waals surface area contributed by atoms with Crippen LogP contribution in [0.5, 0.6) is 0 Å². The summed E-state index contributed by atoms with van der Waals surface area (Å²) in [4.78, 5) is 17.1. The van der Waals surface area contributed by atoms with Crippen LogP contribution in [0.25, 0.3) is 0 Å². The van der Waals surface area contributed by atoms with Crippen LogP contribution in [0.4, 0.5) is 0 Å². The van der Waals surface area contributed by atoms with Gasteiger partial charge < -0.3 is 15.1 Å². The van der Waals surface area contributed by atoms with Gasteiger partial charge in [-0.25, -0.2) is 0 Å². The van der Waals surface area contributed by atoms with Crippen LogP contribution in [0.15, 0.2) is 72.1 Å². The van der Waals surface area contributed by atoms with Crippen molar-refractivity contribution in [2.75, 3.05) is 32.7 Å². The molecule has 1 atom stereocenters. The van der Waals surface area contributed by atoms with Gasteiger partial charge in [-0.1, -0.05) is 60.7 Å². The number of hydrogen-bond acceptors (Lipinski definition) is 2. The maximum Gasteiger partial charge on any atom is 0.275 e. The minimum absolute atomic E-state index is 0.0638. The van der Waals surface area contributed by atoms with E-state index in [-0.39, 0.29) is 11.9 Å². The van der Waals surface area contributed by atoms with Crippen molar-refractivity contribution in [3.05, 3.63) is 93.7 Å². The van der Waals surface area contributed by atoms with Crippen molar-refractivity contribution in [1.29, 1.82) is 0 Å². The van der Waals surface area contributed by atoms with Gasteiger partial charge in [-0.05, 0) is 29.5 Å². The van der Waals surface area contributed by atoms with Crippen LogP contribution < -0.4 is 15.1 Å². The zero-order valence-electron chi connectivity index (χ0n) is 17.6. The lowest BCUT2D eigenvalue weighted by Crippen LogP contribution is -3.28. The van der Waals surface area contributed by atoms with E-state index in [0.717, 1.165) is 38.3 Å². The van der Waals surface area contributed by atoms with Gasteiger partial charge in [0.2, 0.25) is 0 Å². The first-order chi connectivity index (χ1) is 14.7. The van der Waals surface area contributed by atoms with Crippen LogP contribution in [0, 0.1) is 6.92 Å². The van der Waals surface area contributed by atoms with E-state index < -0.39 is 0 Å². The third-order valence-electron chi connectivity index (χ3n) is 6.04. The predicted molar refractivity (Wildman–Crippen MR) is 122 cm³/mol. The first kappa shape index (κ1) is 20.8. The molecule has 0 unspecified atom stereocenters. The van der Waals surface area contributed by atoms with E-state index >= 15 is 0 Å². The van der Waals surface area contributed by atoms with Gasteiger partial charge in [-0.3, -0.25) is 4.79 Å². The molecule has 0 aliphatic carbocycles. The fourth-order valence-electron chi connectivity index (χ4n) is 4.25. The van der Waals surface area contributed by atoms with Gasteiger partial charge in [-0.2, -0.15) is 0 Å². The number of thiophene rings is 1. The molecule has 1 aliphatic rings. The molecule has 1 saturated heterocycles. The number of carbonyl (C=O) groups excluding carboxylic acids is 1. The van der Waals surface area contributed by atoms with Crippen molar-refractivity contribution in [2.24, 2.45) is 0 Å². The maximum atomic E-state index is 12.9. The van der Waals surface area contributed by atoms with Gasteiger partial charge in [0.25, 0.3) is 5.91 Å². The molecule has 0 bridgehead atoms. The smallest absolute Gasteiger partial charge is 0.275 e.